The first-order chi connectivity index (χ1) is 7.97. The average molecular weight is 238 g/mol. The van der Waals surface area contributed by atoms with Crippen molar-refractivity contribution in [3.05, 3.63) is 35.4 Å². The minimum absolute atomic E-state index is 0.160. The zero-order chi connectivity index (χ0) is 13.0. The van der Waals surface area contributed by atoms with Crippen molar-refractivity contribution in [1.29, 1.82) is 5.26 Å². The van der Waals surface area contributed by atoms with E-state index in [-0.39, 0.29) is 18.2 Å². The van der Waals surface area contributed by atoms with Crippen LogP contribution >= 0.6 is 0 Å². The van der Waals surface area contributed by atoms with Crippen LogP contribution in [0.5, 0.6) is 0 Å². The molecule has 0 atom stereocenters. The number of benzene rings is 1. The molecule has 0 saturated heterocycles. The van der Waals surface area contributed by atoms with Crippen LogP contribution in [0.1, 0.15) is 24.2 Å². The first-order valence-corrected chi connectivity index (χ1v) is 5.10. The molecule has 0 saturated carbocycles. The van der Waals surface area contributed by atoms with Crippen LogP contribution in [0.15, 0.2) is 18.2 Å². The molecule has 0 aromatic heterocycles. The predicted molar refractivity (Wildman–Crippen MR) is 58.1 cm³/mol. The van der Waals surface area contributed by atoms with Gasteiger partial charge in [0.05, 0.1) is 11.6 Å². The maximum absolute atomic E-state index is 13.4. The van der Waals surface area contributed by atoms with Crippen LogP contribution in [-0.2, 0) is 0 Å². The van der Waals surface area contributed by atoms with E-state index in [0.717, 1.165) is 18.2 Å². The third-order valence-corrected chi connectivity index (χ3v) is 2.28. The summed E-state index contributed by atoms with van der Waals surface area (Å²) >= 11 is 0. The summed E-state index contributed by atoms with van der Waals surface area (Å²) in [4.78, 5) is 13.1. The van der Waals surface area contributed by atoms with Crippen molar-refractivity contribution in [1.82, 2.24) is 4.90 Å². The minimum atomic E-state index is -0.792. The van der Waals surface area contributed by atoms with Gasteiger partial charge in [-0.3, -0.25) is 4.79 Å². The lowest BCUT2D eigenvalue weighted by atomic mass is 10.1. The van der Waals surface area contributed by atoms with Crippen LogP contribution in [0.3, 0.4) is 0 Å². The summed E-state index contributed by atoms with van der Waals surface area (Å²) in [5.41, 5.74) is -0.353. The normalized spacial score (nSPS) is 10.1. The fourth-order valence-electron chi connectivity index (χ4n) is 1.38. The molecule has 1 aromatic carbocycles. The van der Waals surface area contributed by atoms with Crippen molar-refractivity contribution in [3.63, 3.8) is 0 Å². The minimum Gasteiger partial charge on any atom is -0.323 e. The molecule has 0 spiro atoms. The lowest BCUT2D eigenvalue weighted by molar-refractivity contribution is 0.0726. The Balaban J connectivity index is 3.10. The topological polar surface area (TPSA) is 44.1 Å². The van der Waals surface area contributed by atoms with Gasteiger partial charge in [-0.25, -0.2) is 8.78 Å². The average Bonchev–Trinajstić information content (AvgIpc) is 2.28. The van der Waals surface area contributed by atoms with Crippen molar-refractivity contribution in [3.8, 4) is 6.07 Å². The monoisotopic (exact) mass is 238 g/mol. The van der Waals surface area contributed by atoms with Crippen LogP contribution in [0.25, 0.3) is 0 Å². The van der Waals surface area contributed by atoms with Gasteiger partial charge in [0.25, 0.3) is 5.91 Å². The van der Waals surface area contributed by atoms with Gasteiger partial charge in [-0.2, -0.15) is 5.26 Å². The zero-order valence-electron chi connectivity index (χ0n) is 9.58. The van der Waals surface area contributed by atoms with Crippen LogP contribution in [0.2, 0.25) is 0 Å². The number of hydrogen-bond acceptors (Lipinski definition) is 2. The molecule has 1 aromatic rings. The summed E-state index contributed by atoms with van der Waals surface area (Å²) in [7, 11) is 0. The first-order valence-electron chi connectivity index (χ1n) is 5.10. The lowest BCUT2D eigenvalue weighted by Crippen LogP contribution is -2.37. The van der Waals surface area contributed by atoms with E-state index in [1.54, 1.807) is 13.8 Å². The molecule has 1 amide bonds. The summed E-state index contributed by atoms with van der Waals surface area (Å²) in [6, 6.07) is 4.24. The SMILES string of the molecule is CC(C)N(CC#N)C(=O)c1cc(F)ccc1F. The Labute approximate surface area is 98.3 Å². The number of carbonyl (C=O) groups excluding carboxylic acids is 1. The maximum Gasteiger partial charge on any atom is 0.258 e. The number of rotatable bonds is 3. The summed E-state index contributed by atoms with van der Waals surface area (Å²) in [6.07, 6.45) is 0. The van der Waals surface area contributed by atoms with E-state index >= 15 is 0 Å². The lowest BCUT2D eigenvalue weighted by Gasteiger charge is -2.23. The second-order valence-electron chi connectivity index (χ2n) is 3.81. The van der Waals surface area contributed by atoms with Gasteiger partial charge in [0.2, 0.25) is 0 Å². The number of amides is 1. The molecular weight excluding hydrogens is 226 g/mol. The Kier molecular flexibility index (Phi) is 4.16. The number of carbonyl (C=O) groups is 1. The third kappa shape index (κ3) is 3.00. The van der Waals surface area contributed by atoms with Gasteiger partial charge in [-0.15, -0.1) is 0 Å². The number of nitrogens with zero attached hydrogens (tertiary/aromatic N) is 2. The van der Waals surface area contributed by atoms with Gasteiger partial charge in [0.15, 0.2) is 0 Å². The maximum atomic E-state index is 13.4. The molecule has 0 unspecified atom stereocenters. The van der Waals surface area contributed by atoms with Gasteiger partial charge in [0, 0.05) is 6.04 Å². The number of halogens is 2. The standard InChI is InChI=1S/C12H12F2N2O/c1-8(2)16(6-5-15)12(17)10-7-9(13)3-4-11(10)14/h3-4,7-8H,6H2,1-2H3. The van der Waals surface area contributed by atoms with Crippen LogP contribution in [0, 0.1) is 23.0 Å². The molecule has 3 nitrogen and oxygen atoms in total. The summed E-state index contributed by atoms with van der Waals surface area (Å²) in [6.45, 7) is 3.24. The third-order valence-electron chi connectivity index (χ3n) is 2.28. The number of nitriles is 1. The fourth-order valence-corrected chi connectivity index (χ4v) is 1.38. The van der Waals surface area contributed by atoms with Crippen LogP contribution < -0.4 is 0 Å². The van der Waals surface area contributed by atoms with E-state index in [0.29, 0.717) is 0 Å². The quantitative estimate of drug-likeness (QED) is 0.758. The first kappa shape index (κ1) is 13.1. The molecule has 0 fully saturated rings. The molecule has 17 heavy (non-hydrogen) atoms. The molecule has 0 N–H and O–H groups in total. The highest BCUT2D eigenvalue weighted by molar-refractivity contribution is 5.94. The highest BCUT2D eigenvalue weighted by atomic mass is 19.1. The second kappa shape index (κ2) is 5.39. The molecule has 90 valence electrons. The van der Waals surface area contributed by atoms with Crippen molar-refractivity contribution < 1.29 is 13.6 Å². The zero-order valence-corrected chi connectivity index (χ0v) is 9.58. The van der Waals surface area contributed by atoms with E-state index in [9.17, 15) is 13.6 Å². The highest BCUT2D eigenvalue weighted by Crippen LogP contribution is 2.14. The number of hydrogen-bond donors (Lipinski definition) is 0. The van der Waals surface area contributed by atoms with Gasteiger partial charge >= 0.3 is 0 Å². The van der Waals surface area contributed by atoms with E-state index in [4.69, 9.17) is 5.26 Å². The summed E-state index contributed by atoms with van der Waals surface area (Å²) < 4.78 is 26.3. The molecule has 1 rings (SSSR count). The Bertz CT molecular complexity index is 466. The summed E-state index contributed by atoms with van der Waals surface area (Å²) in [5, 5.41) is 8.59. The van der Waals surface area contributed by atoms with Crippen molar-refractivity contribution in [2.24, 2.45) is 0 Å². The molecule has 0 radical (unpaired) electrons. The van der Waals surface area contributed by atoms with Gasteiger partial charge in [-0.1, -0.05) is 0 Å². The van der Waals surface area contributed by atoms with Gasteiger partial charge < -0.3 is 4.90 Å². The molecule has 0 aliphatic carbocycles. The van der Waals surface area contributed by atoms with Crippen molar-refractivity contribution in [2.75, 3.05) is 6.54 Å². The van der Waals surface area contributed by atoms with E-state index in [1.165, 1.54) is 4.90 Å². The van der Waals surface area contributed by atoms with Crippen molar-refractivity contribution >= 4 is 5.91 Å². The smallest absolute Gasteiger partial charge is 0.258 e. The molecule has 5 heteroatoms. The molecule has 0 heterocycles. The Morgan fingerprint density at radius 1 is 1.47 bits per heavy atom. The summed E-state index contributed by atoms with van der Waals surface area (Å²) in [5.74, 6) is -2.16. The Morgan fingerprint density at radius 2 is 2.12 bits per heavy atom. The molecule has 0 aliphatic heterocycles. The highest BCUT2D eigenvalue weighted by Gasteiger charge is 2.21. The largest absolute Gasteiger partial charge is 0.323 e. The Morgan fingerprint density at radius 3 is 2.65 bits per heavy atom. The van der Waals surface area contributed by atoms with Gasteiger partial charge in [-0.05, 0) is 32.0 Å². The van der Waals surface area contributed by atoms with Crippen LogP contribution in [-0.4, -0.2) is 23.4 Å². The van der Waals surface area contributed by atoms with E-state index in [1.807, 2.05) is 6.07 Å². The Hall–Kier alpha value is -1.96. The van der Waals surface area contributed by atoms with Crippen LogP contribution in [0.4, 0.5) is 8.78 Å². The fraction of sp³-hybridized carbons (Fsp3) is 0.333. The van der Waals surface area contributed by atoms with Crippen molar-refractivity contribution in [2.45, 2.75) is 19.9 Å². The van der Waals surface area contributed by atoms with Gasteiger partial charge in [0.1, 0.15) is 18.2 Å². The second-order valence-corrected chi connectivity index (χ2v) is 3.81. The predicted octanol–water partition coefficient (Wildman–Crippen LogP) is 2.34. The van der Waals surface area contributed by atoms with E-state index in [2.05, 4.69) is 0 Å². The molecular formula is C12H12F2N2O. The molecule has 0 bridgehead atoms. The molecule has 0 aliphatic rings. The van der Waals surface area contributed by atoms with E-state index < -0.39 is 17.5 Å².